The summed E-state index contributed by atoms with van der Waals surface area (Å²) in [6.07, 6.45) is 4.62. The molecule has 144 valence electrons. The Balaban J connectivity index is 2.02. The highest BCUT2D eigenvalue weighted by molar-refractivity contribution is 6.30. The zero-order chi connectivity index (χ0) is 19.2. The Hall–Kier alpha value is -2.59. The molecule has 1 heterocycles. The lowest BCUT2D eigenvalue weighted by Crippen LogP contribution is -2.35. The monoisotopic (exact) mass is 367 g/mol. The van der Waals surface area contributed by atoms with Crippen molar-refractivity contribution < 1.29 is 23.9 Å². The fraction of sp³-hybridized carbons (Fsp3) is 0.562. The Bertz CT molecular complexity index is 555. The van der Waals surface area contributed by atoms with Crippen molar-refractivity contribution in [3.63, 3.8) is 0 Å². The van der Waals surface area contributed by atoms with Gasteiger partial charge in [-0.3, -0.25) is 24.3 Å². The molecule has 1 aliphatic heterocycles. The van der Waals surface area contributed by atoms with Crippen LogP contribution in [0.1, 0.15) is 12.8 Å². The Labute approximate surface area is 152 Å². The van der Waals surface area contributed by atoms with E-state index in [4.69, 9.17) is 15.3 Å². The molecule has 1 aliphatic rings. The normalized spacial score (nSPS) is 14.7. The number of nitrogens with zero attached hydrogens (tertiary/aromatic N) is 3. The maximum atomic E-state index is 11.6. The number of nitrogens with one attached hydrogen (secondary N) is 1. The molecular weight excluding hydrogens is 342 g/mol. The van der Waals surface area contributed by atoms with Crippen LogP contribution < -0.4 is 11.2 Å². The number of carbonyl (C=O) groups is 3. The van der Waals surface area contributed by atoms with Crippen LogP contribution in [0.4, 0.5) is 0 Å². The van der Waals surface area contributed by atoms with Gasteiger partial charge in [0.05, 0.1) is 32.1 Å². The Morgan fingerprint density at radius 1 is 1.23 bits per heavy atom. The number of rotatable bonds is 13. The second-order valence-corrected chi connectivity index (χ2v) is 5.27. The van der Waals surface area contributed by atoms with Gasteiger partial charge in [0, 0.05) is 51.4 Å². The van der Waals surface area contributed by atoms with Gasteiger partial charge in [-0.05, 0) is 0 Å². The largest absolute Gasteiger partial charge is 0.384 e. The molecule has 0 atom stereocenters. The number of hydrogen-bond donors (Lipinski definition) is 2. The number of amides is 3. The number of nitrogens with two attached hydrogens (primary N) is 1. The molecule has 3 N–H and O–H groups in total. The first-order valence-corrected chi connectivity index (χ1v) is 8.22. The van der Waals surface area contributed by atoms with Gasteiger partial charge >= 0.3 is 0 Å². The van der Waals surface area contributed by atoms with Crippen LogP contribution in [0.5, 0.6) is 0 Å². The maximum absolute atomic E-state index is 11.6. The van der Waals surface area contributed by atoms with Gasteiger partial charge in [-0.15, -0.1) is 0 Å². The summed E-state index contributed by atoms with van der Waals surface area (Å²) >= 11 is 0. The van der Waals surface area contributed by atoms with Crippen LogP contribution in [0.25, 0.3) is 0 Å². The van der Waals surface area contributed by atoms with Crippen molar-refractivity contribution in [3.05, 3.63) is 12.2 Å². The molecule has 0 aromatic heterocycles. The third-order valence-electron chi connectivity index (χ3n) is 3.36. The van der Waals surface area contributed by atoms with Crippen molar-refractivity contribution >= 4 is 29.6 Å². The van der Waals surface area contributed by atoms with Crippen molar-refractivity contribution in [1.82, 2.24) is 10.2 Å². The first kappa shape index (κ1) is 21.5. The maximum Gasteiger partial charge on any atom is 0.253 e. The van der Waals surface area contributed by atoms with E-state index in [0.29, 0.717) is 45.0 Å². The quantitative estimate of drug-likeness (QED) is 0.139. The fourth-order valence-corrected chi connectivity index (χ4v) is 1.97. The SMILES string of the molecule is COCC/C(C=NCCOCCNC(=O)CCN1C(=O)C=CC1=O)=N/N. The van der Waals surface area contributed by atoms with E-state index in [1.165, 1.54) is 12.2 Å². The van der Waals surface area contributed by atoms with Crippen molar-refractivity contribution in [1.29, 1.82) is 0 Å². The number of ether oxygens (including phenoxy) is 2. The van der Waals surface area contributed by atoms with Crippen LogP contribution in [0, 0.1) is 0 Å². The zero-order valence-electron chi connectivity index (χ0n) is 14.8. The number of hydrogen-bond acceptors (Lipinski definition) is 8. The number of aliphatic imine (C=N–C) groups is 1. The van der Waals surface area contributed by atoms with Crippen LogP contribution >= 0.6 is 0 Å². The van der Waals surface area contributed by atoms with Gasteiger partial charge in [0.2, 0.25) is 5.91 Å². The van der Waals surface area contributed by atoms with Crippen molar-refractivity contribution in [3.8, 4) is 0 Å². The van der Waals surface area contributed by atoms with E-state index in [0.717, 1.165) is 4.90 Å². The third-order valence-corrected chi connectivity index (χ3v) is 3.36. The number of hydrazone groups is 1. The average molecular weight is 367 g/mol. The number of methoxy groups -OCH3 is 1. The van der Waals surface area contributed by atoms with Crippen LogP contribution in [-0.4, -0.2) is 81.1 Å². The van der Waals surface area contributed by atoms with Crippen LogP contribution in [0.15, 0.2) is 22.2 Å². The summed E-state index contributed by atoms with van der Waals surface area (Å²) in [5.74, 6) is 4.20. The summed E-state index contributed by atoms with van der Waals surface area (Å²) in [6, 6.07) is 0. The lowest BCUT2D eigenvalue weighted by Gasteiger charge is -2.13. The van der Waals surface area contributed by atoms with Crippen LogP contribution in [0.2, 0.25) is 0 Å². The molecule has 26 heavy (non-hydrogen) atoms. The molecule has 1 rings (SSSR count). The van der Waals surface area contributed by atoms with E-state index in [2.05, 4.69) is 15.4 Å². The molecule has 0 fully saturated rings. The van der Waals surface area contributed by atoms with Gasteiger partial charge in [0.25, 0.3) is 11.8 Å². The van der Waals surface area contributed by atoms with E-state index in [-0.39, 0.29) is 18.9 Å². The third kappa shape index (κ3) is 8.49. The predicted octanol–water partition coefficient (Wildman–Crippen LogP) is -1.14. The van der Waals surface area contributed by atoms with Crippen LogP contribution in [0.3, 0.4) is 0 Å². The summed E-state index contributed by atoms with van der Waals surface area (Å²) in [7, 11) is 1.60. The highest BCUT2D eigenvalue weighted by Crippen LogP contribution is 2.03. The van der Waals surface area contributed by atoms with E-state index in [1.54, 1.807) is 13.3 Å². The van der Waals surface area contributed by atoms with E-state index in [1.807, 2.05) is 0 Å². The van der Waals surface area contributed by atoms with Crippen molar-refractivity contribution in [2.24, 2.45) is 15.9 Å². The van der Waals surface area contributed by atoms with E-state index >= 15 is 0 Å². The highest BCUT2D eigenvalue weighted by atomic mass is 16.5. The zero-order valence-corrected chi connectivity index (χ0v) is 14.8. The minimum Gasteiger partial charge on any atom is -0.384 e. The van der Waals surface area contributed by atoms with Crippen molar-refractivity contribution in [2.75, 3.05) is 46.6 Å². The number of imide groups is 1. The standard InChI is InChI=1S/C16H25N5O5/c1-25-9-5-13(20-17)12-18-6-10-26-11-7-19-14(22)4-8-21-15(23)2-3-16(21)24/h2-3,12H,4-11,17H2,1H3,(H,19,22)/b18-12?,20-13-. The van der Waals surface area contributed by atoms with Gasteiger partial charge in [-0.2, -0.15) is 5.10 Å². The minimum atomic E-state index is -0.392. The summed E-state index contributed by atoms with van der Waals surface area (Å²) < 4.78 is 10.3. The van der Waals surface area contributed by atoms with Gasteiger partial charge < -0.3 is 20.6 Å². The molecule has 0 bridgehead atoms. The molecule has 0 unspecified atom stereocenters. The molecule has 0 saturated carbocycles. The molecule has 10 nitrogen and oxygen atoms in total. The Kier molecular flexibility index (Phi) is 10.5. The lowest BCUT2D eigenvalue weighted by molar-refractivity contribution is -0.137. The van der Waals surface area contributed by atoms with Crippen LogP contribution in [-0.2, 0) is 23.9 Å². The molecule has 0 saturated heterocycles. The molecule has 10 heteroatoms. The topological polar surface area (TPSA) is 136 Å². The Morgan fingerprint density at radius 2 is 1.96 bits per heavy atom. The van der Waals surface area contributed by atoms with Crippen molar-refractivity contribution in [2.45, 2.75) is 12.8 Å². The first-order chi connectivity index (χ1) is 12.6. The molecule has 0 spiro atoms. The summed E-state index contributed by atoms with van der Waals surface area (Å²) in [5.41, 5.74) is 0.643. The molecule has 0 aromatic rings. The van der Waals surface area contributed by atoms with E-state index < -0.39 is 11.8 Å². The minimum absolute atomic E-state index is 0.0616. The number of carbonyl (C=O) groups excluding carboxylic acids is 3. The van der Waals surface area contributed by atoms with Gasteiger partial charge in [0.15, 0.2) is 0 Å². The first-order valence-electron chi connectivity index (χ1n) is 8.22. The molecule has 0 aromatic carbocycles. The van der Waals surface area contributed by atoms with E-state index in [9.17, 15) is 14.4 Å². The predicted molar refractivity (Wildman–Crippen MR) is 95.8 cm³/mol. The molecule has 0 aliphatic carbocycles. The van der Waals surface area contributed by atoms with Gasteiger partial charge in [-0.1, -0.05) is 0 Å². The second kappa shape index (κ2) is 12.7. The molecular formula is C16H25N5O5. The molecule has 3 amide bonds. The van der Waals surface area contributed by atoms with Gasteiger partial charge in [-0.25, -0.2) is 0 Å². The fourth-order valence-electron chi connectivity index (χ4n) is 1.97. The summed E-state index contributed by atoms with van der Waals surface area (Å²) in [5, 5.41) is 6.25. The lowest BCUT2D eigenvalue weighted by atomic mass is 10.3. The average Bonchev–Trinajstić information content (AvgIpc) is 2.96. The van der Waals surface area contributed by atoms with Gasteiger partial charge in [0.1, 0.15) is 0 Å². The second-order valence-electron chi connectivity index (χ2n) is 5.27. The Morgan fingerprint density at radius 3 is 2.62 bits per heavy atom. The molecule has 0 radical (unpaired) electrons. The summed E-state index contributed by atoms with van der Waals surface area (Å²) in [4.78, 5) is 39.5. The smallest absolute Gasteiger partial charge is 0.253 e. The summed E-state index contributed by atoms with van der Waals surface area (Å²) in [6.45, 7) is 2.12. The highest BCUT2D eigenvalue weighted by Gasteiger charge is 2.23.